The Morgan fingerprint density at radius 2 is 2.03 bits per heavy atom. The molecule has 3 heterocycles. The molecule has 0 bridgehead atoms. The van der Waals surface area contributed by atoms with Crippen LogP contribution in [0.4, 0.5) is 10.1 Å². The molecule has 37 heavy (non-hydrogen) atoms. The van der Waals surface area contributed by atoms with E-state index in [4.69, 9.17) is 4.74 Å². The summed E-state index contributed by atoms with van der Waals surface area (Å²) >= 11 is 0. The van der Waals surface area contributed by atoms with E-state index in [9.17, 15) is 18.8 Å². The number of fused-ring (bicyclic) bond motifs is 3. The molecule has 1 aliphatic heterocycles. The number of carbonyl (C=O) groups excluding carboxylic acids is 3. The molecule has 2 aromatic heterocycles. The van der Waals surface area contributed by atoms with Crippen molar-refractivity contribution in [3.05, 3.63) is 88.6 Å². The molecule has 0 radical (unpaired) electrons. The number of benzene rings is 2. The minimum Gasteiger partial charge on any atom is -0.482 e. The molecule has 1 aliphatic carbocycles. The van der Waals surface area contributed by atoms with Crippen LogP contribution in [0.1, 0.15) is 50.1 Å². The normalized spacial score (nSPS) is 15.9. The van der Waals surface area contributed by atoms with Gasteiger partial charge in [0.1, 0.15) is 23.0 Å². The van der Waals surface area contributed by atoms with Crippen LogP contribution in [0.2, 0.25) is 0 Å². The Morgan fingerprint density at radius 3 is 2.92 bits per heavy atom. The number of hydrogen-bond donors (Lipinski definition) is 3. The summed E-state index contributed by atoms with van der Waals surface area (Å²) in [5.41, 5.74) is 3.60. The summed E-state index contributed by atoms with van der Waals surface area (Å²) in [7, 11) is 0. The predicted molar refractivity (Wildman–Crippen MR) is 130 cm³/mol. The topological polar surface area (TPSA) is 127 Å². The third-order valence-corrected chi connectivity index (χ3v) is 6.44. The molecule has 6 rings (SSSR count). The molecule has 0 saturated heterocycles. The van der Waals surface area contributed by atoms with Gasteiger partial charge in [-0.2, -0.15) is 5.10 Å². The molecule has 0 fully saturated rings. The Labute approximate surface area is 209 Å². The zero-order chi connectivity index (χ0) is 25.5. The maximum absolute atomic E-state index is 13.6. The van der Waals surface area contributed by atoms with Gasteiger partial charge in [-0.25, -0.2) is 13.9 Å². The average molecular weight is 500 g/mol. The van der Waals surface area contributed by atoms with Gasteiger partial charge in [-0.05, 0) is 53.8 Å². The Bertz CT molecular complexity index is 1580. The standard InChI is InChI=1S/C26H21FN6O4/c27-16-3-4-17-15(10-16)2-5-18(17)32-26(36)21-11-20(30-23-7-8-29-33(21)23)25(35)28-12-14-1-6-22-19(9-14)31-24(34)13-37-22/h1,3-4,6-11,18H,2,5,12-13H2,(H,28,35)(H,31,34)(H,32,36). The monoisotopic (exact) mass is 500 g/mol. The van der Waals surface area contributed by atoms with E-state index in [1.54, 1.807) is 30.3 Å². The van der Waals surface area contributed by atoms with E-state index in [1.165, 1.54) is 28.9 Å². The molecular formula is C26H21FN6O4. The van der Waals surface area contributed by atoms with E-state index in [0.717, 1.165) is 16.7 Å². The van der Waals surface area contributed by atoms with Crippen molar-refractivity contribution in [1.82, 2.24) is 25.2 Å². The van der Waals surface area contributed by atoms with Crippen LogP contribution in [-0.2, 0) is 17.8 Å². The number of aromatic nitrogens is 3. The zero-order valence-electron chi connectivity index (χ0n) is 19.5. The number of carbonyl (C=O) groups is 3. The van der Waals surface area contributed by atoms with Gasteiger partial charge in [0.05, 0.1) is 17.9 Å². The van der Waals surface area contributed by atoms with Crippen molar-refractivity contribution in [3.8, 4) is 5.75 Å². The van der Waals surface area contributed by atoms with Crippen molar-refractivity contribution in [1.29, 1.82) is 0 Å². The van der Waals surface area contributed by atoms with E-state index < -0.39 is 11.8 Å². The first-order valence-electron chi connectivity index (χ1n) is 11.7. The second-order valence-electron chi connectivity index (χ2n) is 8.89. The summed E-state index contributed by atoms with van der Waals surface area (Å²) in [5.74, 6) is -0.878. The Morgan fingerprint density at radius 1 is 1.14 bits per heavy atom. The lowest BCUT2D eigenvalue weighted by Gasteiger charge is -2.18. The van der Waals surface area contributed by atoms with Crippen molar-refractivity contribution < 1.29 is 23.5 Å². The third kappa shape index (κ3) is 4.35. The first kappa shape index (κ1) is 22.7. The summed E-state index contributed by atoms with van der Waals surface area (Å²) in [5, 5.41) is 12.7. The fourth-order valence-electron chi connectivity index (χ4n) is 4.67. The average Bonchev–Trinajstić information content (AvgIpc) is 3.53. The van der Waals surface area contributed by atoms with Gasteiger partial charge < -0.3 is 20.7 Å². The molecule has 0 spiro atoms. The van der Waals surface area contributed by atoms with Gasteiger partial charge in [-0.1, -0.05) is 12.1 Å². The summed E-state index contributed by atoms with van der Waals surface area (Å²) in [6.45, 7) is 0.137. The molecular weight excluding hydrogens is 479 g/mol. The molecule has 11 heteroatoms. The molecule has 3 amide bonds. The SMILES string of the molecule is O=C1COc2ccc(CNC(=O)c3cc(C(=O)NC4CCc5cc(F)ccc54)n4nccc4n3)cc2N1. The molecule has 2 aromatic carbocycles. The van der Waals surface area contributed by atoms with Crippen LogP contribution in [0.3, 0.4) is 0 Å². The van der Waals surface area contributed by atoms with E-state index in [-0.39, 0.29) is 42.3 Å². The van der Waals surface area contributed by atoms with E-state index in [1.807, 2.05) is 0 Å². The lowest BCUT2D eigenvalue weighted by Crippen LogP contribution is -2.30. The van der Waals surface area contributed by atoms with Crippen molar-refractivity contribution in [3.63, 3.8) is 0 Å². The number of nitrogens with one attached hydrogen (secondary N) is 3. The minimum atomic E-state index is -0.475. The second-order valence-corrected chi connectivity index (χ2v) is 8.89. The number of aryl methyl sites for hydroxylation is 1. The maximum atomic E-state index is 13.6. The first-order chi connectivity index (χ1) is 17.9. The molecule has 3 N–H and O–H groups in total. The number of rotatable bonds is 5. The van der Waals surface area contributed by atoms with E-state index in [2.05, 4.69) is 26.0 Å². The number of anilines is 1. The van der Waals surface area contributed by atoms with Crippen LogP contribution in [0, 0.1) is 5.82 Å². The van der Waals surface area contributed by atoms with Gasteiger partial charge in [0.2, 0.25) is 0 Å². The lowest BCUT2D eigenvalue weighted by molar-refractivity contribution is -0.118. The number of nitrogens with zero attached hydrogens (tertiary/aromatic N) is 3. The quantitative estimate of drug-likeness (QED) is 0.387. The van der Waals surface area contributed by atoms with Gasteiger partial charge in [0, 0.05) is 18.7 Å². The smallest absolute Gasteiger partial charge is 0.270 e. The minimum absolute atomic E-state index is 0.0342. The van der Waals surface area contributed by atoms with Crippen molar-refractivity contribution >= 4 is 29.1 Å². The van der Waals surface area contributed by atoms with Crippen LogP contribution in [0.25, 0.3) is 5.65 Å². The fraction of sp³-hybridized carbons (Fsp3) is 0.192. The summed E-state index contributed by atoms with van der Waals surface area (Å²) in [4.78, 5) is 42.1. The van der Waals surface area contributed by atoms with Crippen LogP contribution < -0.4 is 20.7 Å². The van der Waals surface area contributed by atoms with Crippen molar-refractivity contribution in [2.24, 2.45) is 0 Å². The van der Waals surface area contributed by atoms with E-state index in [0.29, 0.717) is 29.9 Å². The zero-order valence-corrected chi connectivity index (χ0v) is 19.5. The van der Waals surface area contributed by atoms with Crippen LogP contribution in [0.5, 0.6) is 5.75 Å². The fourth-order valence-corrected chi connectivity index (χ4v) is 4.67. The highest BCUT2D eigenvalue weighted by molar-refractivity contribution is 5.98. The lowest BCUT2D eigenvalue weighted by atomic mass is 10.1. The van der Waals surface area contributed by atoms with Crippen LogP contribution >= 0.6 is 0 Å². The predicted octanol–water partition coefficient (Wildman–Crippen LogP) is 2.55. The number of halogens is 1. The highest BCUT2D eigenvalue weighted by atomic mass is 19.1. The summed E-state index contributed by atoms with van der Waals surface area (Å²) in [6.07, 6.45) is 2.81. The van der Waals surface area contributed by atoms with Crippen molar-refractivity contribution in [2.45, 2.75) is 25.4 Å². The molecule has 10 nitrogen and oxygen atoms in total. The molecule has 4 aromatic rings. The number of ether oxygens (including phenoxy) is 1. The Kier molecular flexibility index (Phi) is 5.52. The van der Waals surface area contributed by atoms with Gasteiger partial charge in [-0.15, -0.1) is 0 Å². The Balaban J connectivity index is 1.20. The van der Waals surface area contributed by atoms with Gasteiger partial charge >= 0.3 is 0 Å². The molecule has 0 saturated carbocycles. The summed E-state index contributed by atoms with van der Waals surface area (Å²) < 4.78 is 20.3. The number of amides is 3. The van der Waals surface area contributed by atoms with Gasteiger partial charge in [-0.3, -0.25) is 14.4 Å². The van der Waals surface area contributed by atoms with E-state index >= 15 is 0 Å². The van der Waals surface area contributed by atoms with Crippen LogP contribution in [0.15, 0.2) is 54.7 Å². The summed E-state index contributed by atoms with van der Waals surface area (Å²) in [6, 6.07) is 12.5. The molecule has 2 aliphatic rings. The van der Waals surface area contributed by atoms with Crippen LogP contribution in [-0.4, -0.2) is 38.9 Å². The largest absolute Gasteiger partial charge is 0.482 e. The van der Waals surface area contributed by atoms with Crippen molar-refractivity contribution in [2.75, 3.05) is 11.9 Å². The Hall–Kier alpha value is -4.80. The third-order valence-electron chi connectivity index (χ3n) is 6.44. The number of hydrogen-bond acceptors (Lipinski definition) is 6. The second kappa shape index (κ2) is 9.01. The molecule has 186 valence electrons. The molecule has 1 atom stereocenters. The first-order valence-corrected chi connectivity index (χ1v) is 11.7. The highest BCUT2D eigenvalue weighted by Crippen LogP contribution is 2.32. The molecule has 1 unspecified atom stereocenters. The highest BCUT2D eigenvalue weighted by Gasteiger charge is 2.26. The van der Waals surface area contributed by atoms with Gasteiger partial charge in [0.25, 0.3) is 17.7 Å². The van der Waals surface area contributed by atoms with Gasteiger partial charge in [0.15, 0.2) is 12.3 Å². The maximum Gasteiger partial charge on any atom is 0.270 e.